The molecule has 3 heteroatoms. The molecule has 0 radical (unpaired) electrons. The van der Waals surface area contributed by atoms with Gasteiger partial charge in [0.05, 0.1) is 12.1 Å². The third-order valence-electron chi connectivity index (χ3n) is 2.53. The molecule has 0 saturated heterocycles. The summed E-state index contributed by atoms with van der Waals surface area (Å²) < 4.78 is 7.50. The van der Waals surface area contributed by atoms with Crippen LogP contribution in [0.3, 0.4) is 0 Å². The highest BCUT2D eigenvalue weighted by Crippen LogP contribution is 2.21. The first-order chi connectivity index (χ1) is 7.33. The third kappa shape index (κ3) is 1.97. The lowest BCUT2D eigenvalue weighted by Gasteiger charge is -2.05. The molecule has 1 aromatic carbocycles. The van der Waals surface area contributed by atoms with Crippen molar-refractivity contribution in [3.05, 3.63) is 30.5 Å². The lowest BCUT2D eigenvalue weighted by Crippen LogP contribution is -2.04. The Morgan fingerprint density at radius 2 is 2.20 bits per heavy atom. The van der Waals surface area contributed by atoms with Crippen molar-refractivity contribution in [1.29, 1.82) is 0 Å². The van der Waals surface area contributed by atoms with Gasteiger partial charge < -0.3 is 15.0 Å². The third-order valence-corrected chi connectivity index (χ3v) is 2.53. The molecule has 15 heavy (non-hydrogen) atoms. The summed E-state index contributed by atoms with van der Waals surface area (Å²) in [6.45, 7) is 4.39. The van der Waals surface area contributed by atoms with Crippen LogP contribution >= 0.6 is 0 Å². The summed E-state index contributed by atoms with van der Waals surface area (Å²) in [7, 11) is 0. The maximum atomic E-state index is 5.88. The minimum absolute atomic E-state index is 0.745. The Balaban J connectivity index is 2.25. The molecule has 0 bridgehead atoms. The van der Waals surface area contributed by atoms with Crippen molar-refractivity contribution in [3.8, 4) is 0 Å². The van der Waals surface area contributed by atoms with Crippen molar-refractivity contribution in [2.75, 3.05) is 18.9 Å². The van der Waals surface area contributed by atoms with Gasteiger partial charge in [-0.3, -0.25) is 0 Å². The Morgan fingerprint density at radius 1 is 1.33 bits per heavy atom. The maximum Gasteiger partial charge on any atom is 0.0645 e. The number of hydrogen-bond donors (Lipinski definition) is 1. The Kier molecular flexibility index (Phi) is 2.92. The normalized spacial score (nSPS) is 11.0. The van der Waals surface area contributed by atoms with Crippen LogP contribution < -0.4 is 5.73 Å². The molecular weight excluding hydrogens is 188 g/mol. The minimum Gasteiger partial charge on any atom is -0.398 e. The second-order valence-corrected chi connectivity index (χ2v) is 3.49. The van der Waals surface area contributed by atoms with Crippen LogP contribution in [0.4, 0.5) is 5.69 Å². The van der Waals surface area contributed by atoms with Crippen molar-refractivity contribution in [1.82, 2.24) is 4.57 Å². The van der Waals surface area contributed by atoms with E-state index < -0.39 is 0 Å². The van der Waals surface area contributed by atoms with Gasteiger partial charge in [-0.15, -0.1) is 0 Å². The fourth-order valence-corrected chi connectivity index (χ4v) is 1.75. The predicted octanol–water partition coefficient (Wildman–Crippen LogP) is 2.26. The van der Waals surface area contributed by atoms with E-state index in [0.717, 1.165) is 30.8 Å². The van der Waals surface area contributed by atoms with Gasteiger partial charge in [0.15, 0.2) is 0 Å². The smallest absolute Gasteiger partial charge is 0.0645 e. The van der Waals surface area contributed by atoms with E-state index in [4.69, 9.17) is 10.5 Å². The molecular formula is C12H16N2O. The SMILES string of the molecule is CCOCCn1ccc2c(N)cccc21. The van der Waals surface area contributed by atoms with E-state index in [9.17, 15) is 0 Å². The van der Waals surface area contributed by atoms with Gasteiger partial charge in [0, 0.05) is 30.4 Å². The summed E-state index contributed by atoms with van der Waals surface area (Å²) in [6.07, 6.45) is 2.06. The highest BCUT2D eigenvalue weighted by atomic mass is 16.5. The number of benzene rings is 1. The Bertz CT molecular complexity index is 448. The van der Waals surface area contributed by atoms with Gasteiger partial charge in [0.1, 0.15) is 0 Å². The van der Waals surface area contributed by atoms with E-state index >= 15 is 0 Å². The fourth-order valence-electron chi connectivity index (χ4n) is 1.75. The Morgan fingerprint density at radius 3 is 3.00 bits per heavy atom. The zero-order chi connectivity index (χ0) is 10.7. The van der Waals surface area contributed by atoms with Gasteiger partial charge in [-0.25, -0.2) is 0 Å². The molecule has 0 spiro atoms. The summed E-state index contributed by atoms with van der Waals surface area (Å²) in [6, 6.07) is 8.04. The van der Waals surface area contributed by atoms with E-state index in [1.807, 2.05) is 19.1 Å². The van der Waals surface area contributed by atoms with Gasteiger partial charge in [-0.05, 0) is 25.1 Å². The maximum absolute atomic E-state index is 5.88. The number of rotatable bonds is 4. The molecule has 1 heterocycles. The quantitative estimate of drug-likeness (QED) is 0.613. The Hall–Kier alpha value is -1.48. The minimum atomic E-state index is 0.745. The molecule has 0 unspecified atom stereocenters. The predicted molar refractivity (Wildman–Crippen MR) is 62.8 cm³/mol. The average molecular weight is 204 g/mol. The van der Waals surface area contributed by atoms with Crippen LogP contribution in [-0.2, 0) is 11.3 Å². The number of aromatic nitrogens is 1. The number of nitrogen functional groups attached to an aromatic ring is 1. The molecule has 80 valence electrons. The van der Waals surface area contributed by atoms with Gasteiger partial charge in [0.25, 0.3) is 0 Å². The van der Waals surface area contributed by atoms with Crippen LogP contribution in [0.5, 0.6) is 0 Å². The summed E-state index contributed by atoms with van der Waals surface area (Å²) in [5.74, 6) is 0. The Labute approximate surface area is 89.4 Å². The van der Waals surface area contributed by atoms with Crippen LogP contribution in [0.1, 0.15) is 6.92 Å². The van der Waals surface area contributed by atoms with E-state index in [1.165, 1.54) is 5.52 Å². The monoisotopic (exact) mass is 204 g/mol. The van der Waals surface area contributed by atoms with E-state index in [1.54, 1.807) is 0 Å². The summed E-state index contributed by atoms with van der Waals surface area (Å²) in [5.41, 5.74) is 7.89. The van der Waals surface area contributed by atoms with Gasteiger partial charge in [-0.2, -0.15) is 0 Å². The first-order valence-corrected chi connectivity index (χ1v) is 5.24. The summed E-state index contributed by atoms with van der Waals surface area (Å²) in [5, 5.41) is 1.12. The average Bonchev–Trinajstić information content (AvgIpc) is 2.64. The van der Waals surface area contributed by atoms with Crippen LogP contribution in [-0.4, -0.2) is 17.8 Å². The molecule has 0 atom stereocenters. The van der Waals surface area contributed by atoms with Crippen molar-refractivity contribution < 1.29 is 4.74 Å². The molecule has 0 fully saturated rings. The first-order valence-electron chi connectivity index (χ1n) is 5.24. The van der Waals surface area contributed by atoms with Crippen molar-refractivity contribution in [3.63, 3.8) is 0 Å². The second-order valence-electron chi connectivity index (χ2n) is 3.49. The van der Waals surface area contributed by atoms with Crippen molar-refractivity contribution >= 4 is 16.6 Å². The highest BCUT2D eigenvalue weighted by molar-refractivity contribution is 5.91. The molecule has 2 rings (SSSR count). The number of ether oxygens (including phenoxy) is 1. The van der Waals surface area contributed by atoms with Crippen LogP contribution in [0, 0.1) is 0 Å². The van der Waals surface area contributed by atoms with E-state index in [0.29, 0.717) is 0 Å². The summed E-state index contributed by atoms with van der Waals surface area (Å²) >= 11 is 0. The van der Waals surface area contributed by atoms with Crippen molar-refractivity contribution in [2.45, 2.75) is 13.5 Å². The standard InChI is InChI=1S/C12H16N2O/c1-2-15-9-8-14-7-6-10-11(13)4-3-5-12(10)14/h3-7H,2,8-9,13H2,1H3. The molecule has 2 N–H and O–H groups in total. The molecule has 0 aliphatic rings. The molecule has 2 aromatic rings. The lowest BCUT2D eigenvalue weighted by molar-refractivity contribution is 0.140. The molecule has 0 saturated carbocycles. The summed E-state index contributed by atoms with van der Waals surface area (Å²) in [4.78, 5) is 0. The number of anilines is 1. The van der Waals surface area contributed by atoms with E-state index in [2.05, 4.69) is 22.9 Å². The topological polar surface area (TPSA) is 40.2 Å². The molecule has 0 amide bonds. The van der Waals surface area contributed by atoms with Crippen LogP contribution in [0.15, 0.2) is 30.5 Å². The zero-order valence-corrected chi connectivity index (χ0v) is 8.94. The zero-order valence-electron chi connectivity index (χ0n) is 8.94. The van der Waals surface area contributed by atoms with Gasteiger partial charge >= 0.3 is 0 Å². The van der Waals surface area contributed by atoms with E-state index in [-0.39, 0.29) is 0 Å². The molecule has 1 aromatic heterocycles. The number of nitrogens with zero attached hydrogens (tertiary/aromatic N) is 1. The molecule has 0 aliphatic carbocycles. The number of hydrogen-bond acceptors (Lipinski definition) is 2. The van der Waals surface area contributed by atoms with Crippen molar-refractivity contribution in [2.24, 2.45) is 0 Å². The van der Waals surface area contributed by atoms with Gasteiger partial charge in [0.2, 0.25) is 0 Å². The highest BCUT2D eigenvalue weighted by Gasteiger charge is 2.02. The fraction of sp³-hybridized carbons (Fsp3) is 0.333. The van der Waals surface area contributed by atoms with Crippen LogP contribution in [0.25, 0.3) is 10.9 Å². The van der Waals surface area contributed by atoms with Gasteiger partial charge in [-0.1, -0.05) is 6.07 Å². The lowest BCUT2D eigenvalue weighted by atomic mass is 10.2. The first kappa shape index (κ1) is 10.1. The number of nitrogens with two attached hydrogens (primary N) is 1. The largest absolute Gasteiger partial charge is 0.398 e. The molecule has 3 nitrogen and oxygen atoms in total. The van der Waals surface area contributed by atoms with Crippen LogP contribution in [0.2, 0.25) is 0 Å². The molecule has 0 aliphatic heterocycles. The number of fused-ring (bicyclic) bond motifs is 1. The second kappa shape index (κ2) is 4.36.